The molecular weight excluding hydrogens is 346 g/mol. The number of hydrogen-bond donors (Lipinski definition) is 2. The molecule has 2 N–H and O–H groups in total. The van der Waals surface area contributed by atoms with E-state index in [1.165, 1.54) is 23.6 Å². The molecule has 8 nitrogen and oxygen atoms in total. The molecule has 2 unspecified atom stereocenters. The van der Waals surface area contributed by atoms with Crippen LogP contribution in [0.2, 0.25) is 0 Å². The Kier molecular flexibility index (Phi) is 5.81. The smallest absolute Gasteiger partial charge is 0.326 e. The number of aliphatic carboxylic acids is 1. The lowest BCUT2D eigenvalue weighted by Gasteiger charge is -2.19. The number of carboxylic acids is 1. The third-order valence-corrected chi connectivity index (χ3v) is 4.70. The largest absolute Gasteiger partial charge is 0.480 e. The van der Waals surface area contributed by atoms with Crippen LogP contribution >= 0.6 is 11.3 Å². The molecule has 2 rings (SSSR count). The van der Waals surface area contributed by atoms with E-state index in [0.29, 0.717) is 17.0 Å². The van der Waals surface area contributed by atoms with Crippen molar-refractivity contribution in [3.05, 3.63) is 45.5 Å². The molecule has 1 heterocycles. The summed E-state index contributed by atoms with van der Waals surface area (Å²) in [4.78, 5) is 38.1. The predicted octanol–water partition coefficient (Wildman–Crippen LogP) is 2.95. The number of rotatable bonds is 7. The second-order valence-electron chi connectivity index (χ2n) is 5.52. The zero-order chi connectivity index (χ0) is 18.6. The number of non-ortho nitro benzene ring substituents is 1. The Hall–Kier alpha value is -2.81. The molecule has 25 heavy (non-hydrogen) atoms. The molecule has 0 saturated carbocycles. The lowest BCUT2D eigenvalue weighted by atomic mass is 9.99. The van der Waals surface area contributed by atoms with Gasteiger partial charge in [-0.05, 0) is 5.92 Å². The van der Waals surface area contributed by atoms with E-state index in [1.54, 1.807) is 13.0 Å². The second kappa shape index (κ2) is 7.84. The Morgan fingerprint density at radius 2 is 2.16 bits per heavy atom. The molecule has 0 saturated heterocycles. The fourth-order valence-corrected chi connectivity index (χ4v) is 2.96. The molecule has 132 valence electrons. The highest BCUT2D eigenvalue weighted by Crippen LogP contribution is 2.27. The number of carbonyl (C=O) groups is 2. The quantitative estimate of drug-likeness (QED) is 0.576. The number of nitrogens with zero attached hydrogens (tertiary/aromatic N) is 2. The summed E-state index contributed by atoms with van der Waals surface area (Å²) in [5.41, 5.74) is 0.539. The predicted molar refractivity (Wildman–Crippen MR) is 92.5 cm³/mol. The van der Waals surface area contributed by atoms with Gasteiger partial charge in [0.05, 0.1) is 4.92 Å². The van der Waals surface area contributed by atoms with Gasteiger partial charge >= 0.3 is 5.97 Å². The Bertz CT molecular complexity index is 805. The number of nitro groups is 1. The molecule has 0 aliphatic rings. The van der Waals surface area contributed by atoms with Crippen molar-refractivity contribution >= 4 is 28.9 Å². The molecule has 0 aliphatic carbocycles. The fourth-order valence-electron chi connectivity index (χ4n) is 2.16. The molecular formula is C16H17N3O5S. The molecule has 0 fully saturated rings. The highest BCUT2D eigenvalue weighted by molar-refractivity contribution is 7.13. The number of carbonyl (C=O) groups excluding carboxylic acids is 1. The Morgan fingerprint density at radius 3 is 2.76 bits per heavy atom. The van der Waals surface area contributed by atoms with Crippen LogP contribution in [0.5, 0.6) is 0 Å². The van der Waals surface area contributed by atoms with Gasteiger partial charge in [-0.2, -0.15) is 0 Å². The average Bonchev–Trinajstić information content (AvgIpc) is 3.08. The lowest BCUT2D eigenvalue weighted by molar-refractivity contribution is -0.384. The minimum Gasteiger partial charge on any atom is -0.480 e. The van der Waals surface area contributed by atoms with E-state index in [0.717, 1.165) is 11.3 Å². The van der Waals surface area contributed by atoms with Crippen LogP contribution in [0.1, 0.15) is 30.8 Å². The summed E-state index contributed by atoms with van der Waals surface area (Å²) >= 11 is 1.16. The molecule has 1 amide bonds. The minimum atomic E-state index is -1.10. The number of nitrogens with one attached hydrogen (secondary N) is 1. The highest BCUT2D eigenvalue weighted by atomic mass is 32.1. The van der Waals surface area contributed by atoms with Crippen molar-refractivity contribution in [3.63, 3.8) is 0 Å². The van der Waals surface area contributed by atoms with Crippen LogP contribution in [-0.4, -0.2) is 32.9 Å². The highest BCUT2D eigenvalue weighted by Gasteiger charge is 2.26. The number of benzene rings is 1. The SMILES string of the molecule is CCC(C)C(NC(=O)c1csc(-c2cccc([N+](=O)[O-])c2)n1)C(=O)O. The van der Waals surface area contributed by atoms with Crippen LogP contribution in [-0.2, 0) is 4.79 Å². The first-order chi connectivity index (χ1) is 11.8. The van der Waals surface area contributed by atoms with Crippen molar-refractivity contribution in [3.8, 4) is 10.6 Å². The summed E-state index contributed by atoms with van der Waals surface area (Å²) in [5.74, 6) is -1.91. The summed E-state index contributed by atoms with van der Waals surface area (Å²) in [5, 5.41) is 24.5. The number of amides is 1. The number of nitro benzene ring substituents is 1. The summed E-state index contributed by atoms with van der Waals surface area (Å²) in [7, 11) is 0. The van der Waals surface area contributed by atoms with E-state index < -0.39 is 22.8 Å². The van der Waals surface area contributed by atoms with E-state index in [9.17, 15) is 24.8 Å². The number of carboxylic acid groups (broad SMARTS) is 1. The van der Waals surface area contributed by atoms with Crippen molar-refractivity contribution in [2.75, 3.05) is 0 Å². The van der Waals surface area contributed by atoms with Crippen LogP contribution in [0.3, 0.4) is 0 Å². The molecule has 0 bridgehead atoms. The summed E-state index contributed by atoms with van der Waals surface area (Å²) < 4.78 is 0. The number of thiazole rings is 1. The maximum Gasteiger partial charge on any atom is 0.326 e. The van der Waals surface area contributed by atoms with Gasteiger partial charge < -0.3 is 10.4 Å². The Balaban J connectivity index is 2.20. The average molecular weight is 363 g/mol. The molecule has 9 heteroatoms. The van der Waals surface area contributed by atoms with Crippen molar-refractivity contribution in [1.82, 2.24) is 10.3 Å². The Morgan fingerprint density at radius 1 is 1.44 bits per heavy atom. The maximum atomic E-state index is 12.3. The second-order valence-corrected chi connectivity index (χ2v) is 6.38. The molecule has 1 aromatic carbocycles. The summed E-state index contributed by atoms with van der Waals surface area (Å²) in [6.45, 7) is 3.59. The van der Waals surface area contributed by atoms with Crippen LogP contribution in [0, 0.1) is 16.0 Å². The van der Waals surface area contributed by atoms with Crippen molar-refractivity contribution in [1.29, 1.82) is 0 Å². The van der Waals surface area contributed by atoms with E-state index in [1.807, 2.05) is 6.92 Å². The maximum absolute atomic E-state index is 12.3. The number of hydrogen-bond acceptors (Lipinski definition) is 6. The molecule has 0 aliphatic heterocycles. The first kappa shape index (κ1) is 18.5. The van der Waals surface area contributed by atoms with Gasteiger partial charge in [-0.25, -0.2) is 9.78 Å². The van der Waals surface area contributed by atoms with Crippen molar-refractivity contribution in [2.24, 2.45) is 5.92 Å². The molecule has 0 spiro atoms. The number of aromatic nitrogens is 1. The zero-order valence-electron chi connectivity index (χ0n) is 13.6. The molecule has 2 atom stereocenters. The van der Waals surface area contributed by atoms with Crippen LogP contribution < -0.4 is 5.32 Å². The third kappa shape index (κ3) is 4.38. The van der Waals surface area contributed by atoms with E-state index in [4.69, 9.17) is 0 Å². The third-order valence-electron chi connectivity index (χ3n) is 3.81. The summed E-state index contributed by atoms with van der Waals surface area (Å²) in [6, 6.07) is 4.94. The van der Waals surface area contributed by atoms with Gasteiger partial charge in [0.25, 0.3) is 11.6 Å². The van der Waals surface area contributed by atoms with E-state index in [-0.39, 0.29) is 17.3 Å². The van der Waals surface area contributed by atoms with Gasteiger partial charge in [-0.15, -0.1) is 11.3 Å². The van der Waals surface area contributed by atoms with Crippen LogP contribution in [0.4, 0.5) is 5.69 Å². The van der Waals surface area contributed by atoms with E-state index >= 15 is 0 Å². The van der Waals surface area contributed by atoms with Gasteiger partial charge in [-0.1, -0.05) is 32.4 Å². The van der Waals surface area contributed by atoms with E-state index in [2.05, 4.69) is 10.3 Å². The standard InChI is InChI=1S/C16H17N3O5S/c1-3-9(2)13(16(21)22)18-14(20)12-8-25-15(17-12)10-5-4-6-11(7-10)19(23)24/h4-9,13H,3H2,1-2H3,(H,18,20)(H,21,22). The molecule has 0 radical (unpaired) electrons. The first-order valence-corrected chi connectivity index (χ1v) is 8.45. The van der Waals surface area contributed by atoms with Crippen LogP contribution in [0.15, 0.2) is 29.6 Å². The molecule has 2 aromatic rings. The van der Waals surface area contributed by atoms with Crippen LogP contribution in [0.25, 0.3) is 10.6 Å². The first-order valence-electron chi connectivity index (χ1n) is 7.57. The molecule has 1 aromatic heterocycles. The minimum absolute atomic E-state index is 0.0681. The summed E-state index contributed by atoms with van der Waals surface area (Å²) in [6.07, 6.45) is 0.604. The normalized spacial score (nSPS) is 13.0. The van der Waals surface area contributed by atoms with Gasteiger partial charge in [-0.3, -0.25) is 14.9 Å². The fraction of sp³-hybridized carbons (Fsp3) is 0.312. The zero-order valence-corrected chi connectivity index (χ0v) is 14.4. The monoisotopic (exact) mass is 363 g/mol. The van der Waals surface area contributed by atoms with Gasteiger partial charge in [0.2, 0.25) is 0 Å². The lowest BCUT2D eigenvalue weighted by Crippen LogP contribution is -2.45. The van der Waals surface area contributed by atoms with Gasteiger partial charge in [0.15, 0.2) is 0 Å². The van der Waals surface area contributed by atoms with Crippen molar-refractivity contribution in [2.45, 2.75) is 26.3 Å². The topological polar surface area (TPSA) is 122 Å². The Labute approximate surface area is 147 Å². The van der Waals surface area contributed by atoms with Crippen molar-refractivity contribution < 1.29 is 19.6 Å². The van der Waals surface area contributed by atoms with Gasteiger partial charge in [0.1, 0.15) is 16.7 Å². The van der Waals surface area contributed by atoms with Gasteiger partial charge in [0, 0.05) is 23.1 Å².